The Balaban J connectivity index is 1.95. The maximum atomic E-state index is 15.3. The van der Waals surface area contributed by atoms with Crippen molar-refractivity contribution < 1.29 is 12.8 Å². The molecule has 1 aromatic heterocycles. The fourth-order valence-corrected chi connectivity index (χ4v) is 5.23. The molecule has 1 aliphatic carbocycles. The summed E-state index contributed by atoms with van der Waals surface area (Å²) in [5.41, 5.74) is 7.76. The topological polar surface area (TPSA) is 111 Å². The number of rotatable bonds is 5. The van der Waals surface area contributed by atoms with Gasteiger partial charge in [-0.25, -0.2) is 17.9 Å². The second kappa shape index (κ2) is 7.07. The molecule has 9 heteroatoms. The predicted octanol–water partition coefficient (Wildman–Crippen LogP) is 1.75. The highest BCUT2D eigenvalue weighted by Gasteiger charge is 2.32. The molecule has 1 saturated heterocycles. The average molecular weight is 423 g/mol. The third-order valence-electron chi connectivity index (χ3n) is 6.14. The summed E-state index contributed by atoms with van der Waals surface area (Å²) >= 11 is 0. The van der Waals surface area contributed by atoms with Gasteiger partial charge in [-0.15, -0.1) is 0 Å². The number of halogens is 1. The number of fused-ring (bicyclic) bond motifs is 1. The molecule has 1 aliphatic heterocycles. The van der Waals surface area contributed by atoms with E-state index in [2.05, 4.69) is 0 Å². The number of sulfonamides is 1. The second-order valence-electron chi connectivity index (χ2n) is 8.50. The SMILES string of the molecule is Cc1c(N2CC[C@@H]([C@H](C)N)C2)c(F)cc2c(CS(N)(=O)=O)cc(=O)n(C3CC3)c12. The van der Waals surface area contributed by atoms with E-state index in [4.69, 9.17) is 10.9 Å². The van der Waals surface area contributed by atoms with Crippen molar-refractivity contribution >= 4 is 26.6 Å². The van der Waals surface area contributed by atoms with Gasteiger partial charge in [0.2, 0.25) is 10.0 Å². The van der Waals surface area contributed by atoms with Crippen LogP contribution in [0.15, 0.2) is 16.9 Å². The van der Waals surface area contributed by atoms with Crippen molar-refractivity contribution in [2.24, 2.45) is 16.8 Å². The molecule has 2 heterocycles. The van der Waals surface area contributed by atoms with E-state index in [0.29, 0.717) is 35.2 Å². The minimum atomic E-state index is -3.87. The lowest BCUT2D eigenvalue weighted by Gasteiger charge is -2.25. The Morgan fingerprint density at radius 2 is 1.97 bits per heavy atom. The Kier molecular flexibility index (Phi) is 4.95. The fourth-order valence-electron chi connectivity index (χ4n) is 4.56. The number of hydrogen-bond acceptors (Lipinski definition) is 5. The van der Waals surface area contributed by atoms with E-state index in [1.165, 1.54) is 12.1 Å². The van der Waals surface area contributed by atoms with Crippen molar-refractivity contribution in [1.82, 2.24) is 4.57 Å². The number of primary sulfonamides is 1. The predicted molar refractivity (Wildman–Crippen MR) is 112 cm³/mol. The van der Waals surface area contributed by atoms with Crippen LogP contribution in [-0.2, 0) is 15.8 Å². The number of nitrogens with two attached hydrogens (primary N) is 2. The van der Waals surface area contributed by atoms with Crippen LogP contribution in [0.5, 0.6) is 0 Å². The number of aryl methyl sites for hydroxylation is 1. The number of pyridine rings is 1. The molecule has 0 bridgehead atoms. The maximum Gasteiger partial charge on any atom is 0.251 e. The van der Waals surface area contributed by atoms with Crippen LogP contribution in [0.2, 0.25) is 0 Å². The largest absolute Gasteiger partial charge is 0.369 e. The van der Waals surface area contributed by atoms with E-state index in [-0.39, 0.29) is 29.1 Å². The monoisotopic (exact) mass is 422 g/mol. The average Bonchev–Trinajstić information content (AvgIpc) is 3.31. The van der Waals surface area contributed by atoms with Gasteiger partial charge in [0.25, 0.3) is 5.56 Å². The second-order valence-corrected chi connectivity index (χ2v) is 10.1. The Hall–Kier alpha value is -1.97. The van der Waals surface area contributed by atoms with Crippen molar-refractivity contribution in [2.75, 3.05) is 18.0 Å². The van der Waals surface area contributed by atoms with E-state index in [1.807, 2.05) is 11.8 Å². The van der Waals surface area contributed by atoms with Crippen LogP contribution in [0.3, 0.4) is 0 Å². The number of hydrogen-bond donors (Lipinski definition) is 2. The molecule has 0 spiro atoms. The lowest BCUT2D eigenvalue weighted by Crippen LogP contribution is -2.30. The highest BCUT2D eigenvalue weighted by molar-refractivity contribution is 7.88. The summed E-state index contributed by atoms with van der Waals surface area (Å²) in [7, 11) is -3.87. The third-order valence-corrected chi connectivity index (χ3v) is 6.85. The zero-order valence-corrected chi connectivity index (χ0v) is 17.5. The summed E-state index contributed by atoms with van der Waals surface area (Å²) in [5, 5.41) is 5.65. The molecule has 4 rings (SSSR count). The quantitative estimate of drug-likeness (QED) is 0.762. The standard InChI is InChI=1S/C20H27FN4O3S/c1-11-19-16(8-17(21)20(11)24-6-5-13(9-24)12(2)22)14(10-29(23,27)28)7-18(26)25(19)15-3-4-15/h7-8,12-13,15H,3-6,9-10,22H2,1-2H3,(H2,23,27,28)/t12-,13+/m0/s1. The third kappa shape index (κ3) is 3.78. The number of nitrogens with zero attached hydrogens (tertiary/aromatic N) is 2. The summed E-state index contributed by atoms with van der Waals surface area (Å²) in [6, 6.07) is 2.73. The van der Waals surface area contributed by atoms with E-state index >= 15 is 4.39 Å². The molecule has 4 N–H and O–H groups in total. The molecule has 29 heavy (non-hydrogen) atoms. The normalized spacial score (nSPS) is 21.1. The number of anilines is 1. The van der Waals surface area contributed by atoms with Crippen LogP contribution in [0.25, 0.3) is 10.9 Å². The lowest BCUT2D eigenvalue weighted by molar-refractivity contribution is 0.487. The first-order chi connectivity index (χ1) is 13.6. The molecule has 0 amide bonds. The fraction of sp³-hybridized carbons (Fsp3) is 0.550. The Bertz CT molecular complexity index is 1140. The van der Waals surface area contributed by atoms with E-state index in [9.17, 15) is 13.2 Å². The van der Waals surface area contributed by atoms with Gasteiger partial charge in [0.1, 0.15) is 5.82 Å². The lowest BCUT2D eigenvalue weighted by atomic mass is 10.0. The molecule has 2 aromatic rings. The van der Waals surface area contributed by atoms with Crippen LogP contribution < -0.4 is 21.3 Å². The van der Waals surface area contributed by atoms with Crippen molar-refractivity contribution in [3.05, 3.63) is 39.4 Å². The summed E-state index contributed by atoms with van der Waals surface area (Å²) in [6.07, 6.45) is 2.65. The minimum absolute atomic E-state index is 0.0230. The molecule has 158 valence electrons. The summed E-state index contributed by atoms with van der Waals surface area (Å²) < 4.78 is 40.4. The Morgan fingerprint density at radius 3 is 2.52 bits per heavy atom. The Labute approximate surface area is 169 Å². The molecule has 1 aromatic carbocycles. The summed E-state index contributed by atoms with van der Waals surface area (Å²) in [6.45, 7) is 5.12. The van der Waals surface area contributed by atoms with Gasteiger partial charge in [-0.05, 0) is 56.2 Å². The molecule has 2 atom stereocenters. The van der Waals surface area contributed by atoms with Crippen LogP contribution in [0.1, 0.15) is 43.4 Å². The van der Waals surface area contributed by atoms with Gasteiger partial charge < -0.3 is 15.2 Å². The molecule has 7 nitrogen and oxygen atoms in total. The van der Waals surface area contributed by atoms with Crippen LogP contribution >= 0.6 is 0 Å². The van der Waals surface area contributed by atoms with Gasteiger partial charge in [-0.3, -0.25) is 4.79 Å². The van der Waals surface area contributed by atoms with Crippen molar-refractivity contribution in [3.63, 3.8) is 0 Å². The minimum Gasteiger partial charge on any atom is -0.369 e. The first-order valence-corrected chi connectivity index (χ1v) is 11.7. The highest BCUT2D eigenvalue weighted by Crippen LogP contribution is 2.41. The van der Waals surface area contributed by atoms with Gasteiger partial charge in [-0.1, -0.05) is 0 Å². The van der Waals surface area contributed by atoms with Gasteiger partial charge in [0.05, 0.1) is 17.0 Å². The van der Waals surface area contributed by atoms with Crippen molar-refractivity contribution in [1.29, 1.82) is 0 Å². The zero-order valence-electron chi connectivity index (χ0n) is 16.7. The first kappa shape index (κ1) is 20.3. The van der Waals surface area contributed by atoms with E-state index in [1.54, 1.807) is 11.5 Å². The zero-order chi connectivity index (χ0) is 21.1. The summed E-state index contributed by atoms with van der Waals surface area (Å²) in [4.78, 5) is 14.8. The molecular weight excluding hydrogens is 395 g/mol. The number of aromatic nitrogens is 1. The van der Waals surface area contributed by atoms with Gasteiger partial charge in [0, 0.05) is 36.6 Å². The Morgan fingerprint density at radius 1 is 1.28 bits per heavy atom. The molecule has 1 saturated carbocycles. The molecular formula is C20H27FN4O3S. The maximum absolute atomic E-state index is 15.3. The number of benzene rings is 1. The smallest absolute Gasteiger partial charge is 0.251 e. The van der Waals surface area contributed by atoms with Crippen LogP contribution in [0.4, 0.5) is 10.1 Å². The van der Waals surface area contributed by atoms with Crippen molar-refractivity contribution in [3.8, 4) is 0 Å². The molecule has 0 radical (unpaired) electrons. The highest BCUT2D eigenvalue weighted by atomic mass is 32.2. The van der Waals surface area contributed by atoms with Crippen LogP contribution in [-0.4, -0.2) is 32.1 Å². The molecule has 2 fully saturated rings. The van der Waals surface area contributed by atoms with Crippen LogP contribution in [0, 0.1) is 18.7 Å². The van der Waals surface area contributed by atoms with Gasteiger partial charge in [-0.2, -0.15) is 0 Å². The summed E-state index contributed by atoms with van der Waals surface area (Å²) in [5.74, 6) is -0.639. The first-order valence-electron chi connectivity index (χ1n) is 9.95. The van der Waals surface area contributed by atoms with Gasteiger partial charge in [0.15, 0.2) is 0 Å². The van der Waals surface area contributed by atoms with E-state index < -0.39 is 21.6 Å². The van der Waals surface area contributed by atoms with Gasteiger partial charge >= 0.3 is 0 Å². The molecule has 2 aliphatic rings. The van der Waals surface area contributed by atoms with E-state index in [0.717, 1.165) is 19.3 Å². The van der Waals surface area contributed by atoms with Crippen molar-refractivity contribution in [2.45, 2.75) is 50.9 Å². The molecule has 0 unspecified atom stereocenters.